The minimum Gasteiger partial charge on any atom is -0.367 e. The highest BCUT2D eigenvalue weighted by molar-refractivity contribution is 6.11. The zero-order valence-corrected chi connectivity index (χ0v) is 14.6. The summed E-state index contributed by atoms with van der Waals surface area (Å²) in [6, 6.07) is 4.74. The third-order valence-electron chi connectivity index (χ3n) is 6.15. The number of anilines is 1. The van der Waals surface area contributed by atoms with E-state index in [0.29, 0.717) is 19.3 Å². The number of rotatable bonds is 1. The molecule has 0 radical (unpaired) electrons. The Bertz CT molecular complexity index is 779. The zero-order chi connectivity index (χ0) is 18.0. The Hall–Kier alpha value is -2.24. The van der Waals surface area contributed by atoms with E-state index < -0.39 is 10.3 Å². The molecular formula is C19H22N2O4. The Morgan fingerprint density at radius 2 is 1.84 bits per heavy atom. The highest BCUT2D eigenvalue weighted by Gasteiger charge is 2.60. The van der Waals surface area contributed by atoms with Crippen LogP contribution >= 0.6 is 0 Å². The van der Waals surface area contributed by atoms with Crippen molar-refractivity contribution in [3.05, 3.63) is 33.9 Å². The summed E-state index contributed by atoms with van der Waals surface area (Å²) in [5.41, 5.74) is 0.403. The van der Waals surface area contributed by atoms with Crippen molar-refractivity contribution in [3.8, 4) is 0 Å². The zero-order valence-electron chi connectivity index (χ0n) is 14.6. The number of nitrogens with zero attached hydrogens (tertiary/aromatic N) is 2. The Morgan fingerprint density at radius 1 is 1.16 bits per heavy atom. The molecule has 6 nitrogen and oxygen atoms in total. The predicted molar refractivity (Wildman–Crippen MR) is 92.6 cm³/mol. The van der Waals surface area contributed by atoms with Crippen LogP contribution in [-0.2, 0) is 16.0 Å². The van der Waals surface area contributed by atoms with Gasteiger partial charge in [-0.25, -0.2) is 0 Å². The summed E-state index contributed by atoms with van der Waals surface area (Å²) in [4.78, 5) is 39.3. The van der Waals surface area contributed by atoms with Gasteiger partial charge in [0.25, 0.3) is 5.69 Å². The summed E-state index contributed by atoms with van der Waals surface area (Å²) in [6.45, 7) is 4.72. The van der Waals surface area contributed by atoms with Crippen molar-refractivity contribution < 1.29 is 14.5 Å². The molecule has 0 bridgehead atoms. The first-order chi connectivity index (χ1) is 11.7. The molecular weight excluding hydrogens is 320 g/mol. The molecule has 1 saturated heterocycles. The van der Waals surface area contributed by atoms with Crippen LogP contribution < -0.4 is 4.90 Å². The van der Waals surface area contributed by atoms with Gasteiger partial charge in [0.1, 0.15) is 17.0 Å². The molecule has 6 heteroatoms. The van der Waals surface area contributed by atoms with E-state index in [4.69, 9.17) is 0 Å². The molecule has 1 aromatic rings. The normalized spacial score (nSPS) is 26.5. The molecule has 1 aliphatic carbocycles. The number of hydrogen-bond acceptors (Lipinski definition) is 5. The van der Waals surface area contributed by atoms with Gasteiger partial charge in [-0.05, 0) is 36.3 Å². The number of carbonyl (C=O) groups excluding carboxylic acids is 2. The van der Waals surface area contributed by atoms with Crippen LogP contribution in [0.5, 0.6) is 0 Å². The Labute approximate surface area is 146 Å². The SMILES string of the molecule is CC1(C)CC(=O)C2(Cc3cc([N+](=O)[O-])ccc3N3CCC[C@@H]32)C(=O)C1. The lowest BCUT2D eigenvalue weighted by Crippen LogP contribution is -2.61. The van der Waals surface area contributed by atoms with Crippen LogP contribution in [0, 0.1) is 20.9 Å². The standard InChI is InChI=1S/C19H22N2O4/c1-18(2)10-16(22)19(17(23)11-18)9-12-8-13(21(24)25)5-6-14(12)20-7-3-4-15(19)20/h5-6,8,15H,3-4,7,9-11H2,1-2H3/t15-/m1/s1. The maximum atomic E-state index is 13.2. The largest absolute Gasteiger partial charge is 0.367 e. The van der Waals surface area contributed by atoms with Gasteiger partial charge in [0, 0.05) is 43.2 Å². The summed E-state index contributed by atoms with van der Waals surface area (Å²) in [6.07, 6.45) is 2.86. The molecule has 0 N–H and O–H groups in total. The summed E-state index contributed by atoms with van der Waals surface area (Å²) in [7, 11) is 0. The van der Waals surface area contributed by atoms with E-state index in [1.165, 1.54) is 6.07 Å². The van der Waals surface area contributed by atoms with E-state index in [9.17, 15) is 19.7 Å². The third-order valence-corrected chi connectivity index (χ3v) is 6.15. The molecule has 1 spiro atoms. The smallest absolute Gasteiger partial charge is 0.269 e. The summed E-state index contributed by atoms with van der Waals surface area (Å²) < 4.78 is 0. The lowest BCUT2D eigenvalue weighted by Gasteiger charge is -2.50. The summed E-state index contributed by atoms with van der Waals surface area (Å²) in [5.74, 6) is 0.0330. The molecule has 0 amide bonds. The van der Waals surface area contributed by atoms with Gasteiger partial charge in [-0.3, -0.25) is 19.7 Å². The highest BCUT2D eigenvalue weighted by atomic mass is 16.6. The van der Waals surface area contributed by atoms with E-state index in [0.717, 1.165) is 30.6 Å². The average molecular weight is 342 g/mol. The Morgan fingerprint density at radius 3 is 2.48 bits per heavy atom. The minimum atomic E-state index is -1.02. The van der Waals surface area contributed by atoms with Crippen LogP contribution in [0.15, 0.2) is 18.2 Å². The van der Waals surface area contributed by atoms with Crippen LogP contribution in [0.2, 0.25) is 0 Å². The second kappa shape index (κ2) is 5.13. The van der Waals surface area contributed by atoms with Gasteiger partial charge < -0.3 is 4.90 Å². The van der Waals surface area contributed by atoms with Crippen molar-refractivity contribution in [2.45, 2.75) is 52.0 Å². The van der Waals surface area contributed by atoms with E-state index in [-0.39, 0.29) is 28.7 Å². The number of Topliss-reactive ketones (excluding diaryl/α,β-unsaturated/α-hetero) is 2. The van der Waals surface area contributed by atoms with Gasteiger partial charge in [-0.2, -0.15) is 0 Å². The second-order valence-electron chi connectivity index (χ2n) is 8.43. The summed E-state index contributed by atoms with van der Waals surface area (Å²) in [5, 5.41) is 11.2. The maximum Gasteiger partial charge on any atom is 0.269 e. The third kappa shape index (κ3) is 2.23. The van der Waals surface area contributed by atoms with Crippen molar-refractivity contribution in [1.29, 1.82) is 0 Å². The van der Waals surface area contributed by atoms with Crippen molar-refractivity contribution in [2.24, 2.45) is 10.8 Å². The van der Waals surface area contributed by atoms with E-state index in [1.54, 1.807) is 12.1 Å². The number of fused-ring (bicyclic) bond motifs is 4. The lowest BCUT2D eigenvalue weighted by molar-refractivity contribution is -0.384. The molecule has 1 saturated carbocycles. The van der Waals surface area contributed by atoms with Gasteiger partial charge in [0.05, 0.1) is 4.92 Å². The Kier molecular flexibility index (Phi) is 3.33. The average Bonchev–Trinajstić information content (AvgIpc) is 3.01. The number of nitro benzene ring substituents is 1. The van der Waals surface area contributed by atoms with Crippen molar-refractivity contribution >= 4 is 22.9 Å². The topological polar surface area (TPSA) is 80.5 Å². The van der Waals surface area contributed by atoms with Crippen molar-refractivity contribution in [2.75, 3.05) is 11.4 Å². The molecule has 0 aromatic heterocycles. The first-order valence-electron chi connectivity index (χ1n) is 8.85. The van der Waals surface area contributed by atoms with E-state index in [2.05, 4.69) is 4.90 Å². The van der Waals surface area contributed by atoms with E-state index >= 15 is 0 Å². The maximum absolute atomic E-state index is 13.2. The van der Waals surface area contributed by atoms with Gasteiger partial charge in [0.15, 0.2) is 0 Å². The fourth-order valence-electron chi connectivity index (χ4n) is 5.06. The van der Waals surface area contributed by atoms with Crippen molar-refractivity contribution in [3.63, 3.8) is 0 Å². The molecule has 2 fully saturated rings. The van der Waals surface area contributed by atoms with Crippen LogP contribution in [0.25, 0.3) is 0 Å². The monoisotopic (exact) mass is 342 g/mol. The number of ketones is 2. The Balaban J connectivity index is 1.85. The lowest BCUT2D eigenvalue weighted by atomic mass is 9.56. The minimum absolute atomic E-state index is 0.0163. The first-order valence-corrected chi connectivity index (χ1v) is 8.85. The number of hydrogen-bond donors (Lipinski definition) is 0. The number of benzene rings is 1. The molecule has 3 aliphatic rings. The summed E-state index contributed by atoms with van der Waals surface area (Å²) >= 11 is 0. The van der Waals surface area contributed by atoms with E-state index in [1.807, 2.05) is 13.8 Å². The number of carbonyl (C=O) groups is 2. The molecule has 4 rings (SSSR count). The van der Waals surface area contributed by atoms with Gasteiger partial charge >= 0.3 is 0 Å². The fourth-order valence-corrected chi connectivity index (χ4v) is 5.06. The molecule has 132 valence electrons. The van der Waals surface area contributed by atoms with Gasteiger partial charge in [0.2, 0.25) is 0 Å². The van der Waals surface area contributed by atoms with Crippen LogP contribution in [0.4, 0.5) is 11.4 Å². The van der Waals surface area contributed by atoms with Crippen LogP contribution in [-0.4, -0.2) is 29.1 Å². The molecule has 25 heavy (non-hydrogen) atoms. The quantitative estimate of drug-likeness (QED) is 0.445. The molecule has 1 atom stereocenters. The molecule has 0 unspecified atom stereocenters. The first kappa shape index (κ1) is 16.2. The molecule has 1 aromatic carbocycles. The second-order valence-corrected chi connectivity index (χ2v) is 8.43. The fraction of sp³-hybridized carbons (Fsp3) is 0.579. The molecule has 2 heterocycles. The highest BCUT2D eigenvalue weighted by Crippen LogP contribution is 2.52. The van der Waals surface area contributed by atoms with Crippen LogP contribution in [0.1, 0.15) is 45.1 Å². The number of non-ortho nitro benzene ring substituents is 1. The number of nitro groups is 1. The van der Waals surface area contributed by atoms with Crippen LogP contribution in [0.3, 0.4) is 0 Å². The predicted octanol–water partition coefficient (Wildman–Crippen LogP) is 3.06. The van der Waals surface area contributed by atoms with Crippen molar-refractivity contribution in [1.82, 2.24) is 0 Å². The molecule has 2 aliphatic heterocycles. The van der Waals surface area contributed by atoms with Gasteiger partial charge in [-0.1, -0.05) is 13.8 Å². The van der Waals surface area contributed by atoms with Gasteiger partial charge in [-0.15, -0.1) is 0 Å².